The molecular formula is C26H27Cl2N9O4. The van der Waals surface area contributed by atoms with Crippen LogP contribution in [0.2, 0.25) is 10.0 Å². The number of hydrogen-bond acceptors (Lipinski definition) is 9. The van der Waals surface area contributed by atoms with E-state index in [1.807, 2.05) is 0 Å². The number of rotatable bonds is 6. The molecule has 2 amide bonds. The van der Waals surface area contributed by atoms with Crippen LogP contribution in [0.15, 0.2) is 35.5 Å². The number of carbonyl (C=O) groups excluding carboxylic acids is 2. The Morgan fingerprint density at radius 3 is 2.61 bits per heavy atom. The van der Waals surface area contributed by atoms with Crippen molar-refractivity contribution in [3.8, 4) is 17.0 Å². The molecule has 15 heteroatoms. The molecule has 0 unspecified atom stereocenters. The number of piperazine rings is 1. The predicted molar refractivity (Wildman–Crippen MR) is 156 cm³/mol. The lowest BCUT2D eigenvalue weighted by Gasteiger charge is -2.39. The van der Waals surface area contributed by atoms with Crippen molar-refractivity contribution in [2.45, 2.75) is 19.5 Å². The summed E-state index contributed by atoms with van der Waals surface area (Å²) in [4.78, 5) is 51.4. The Bertz CT molecular complexity index is 1750. The van der Waals surface area contributed by atoms with E-state index in [1.165, 1.54) is 41.0 Å². The fraction of sp³-hybridized carbons (Fsp3) is 0.308. The fourth-order valence-corrected chi connectivity index (χ4v) is 5.24. The van der Waals surface area contributed by atoms with Gasteiger partial charge in [-0.3, -0.25) is 14.4 Å². The van der Waals surface area contributed by atoms with Gasteiger partial charge >= 0.3 is 0 Å². The molecule has 0 aliphatic carbocycles. The zero-order valence-corrected chi connectivity index (χ0v) is 23.9. The lowest BCUT2D eigenvalue weighted by molar-refractivity contribution is -0.116. The Morgan fingerprint density at radius 2 is 1.90 bits per heavy atom. The average molecular weight is 600 g/mol. The molecule has 5 rings (SSSR count). The largest absolute Gasteiger partial charge is 0.506 e. The molecule has 0 saturated carbocycles. The predicted octanol–water partition coefficient (Wildman–Crippen LogP) is 2.08. The first kappa shape index (κ1) is 28.3. The summed E-state index contributed by atoms with van der Waals surface area (Å²) < 4.78 is 2.53. The Morgan fingerprint density at radius 1 is 1.15 bits per heavy atom. The molecule has 1 aromatic carbocycles. The van der Waals surface area contributed by atoms with Crippen molar-refractivity contribution < 1.29 is 14.7 Å². The number of aryl methyl sites for hydroxylation is 1. The van der Waals surface area contributed by atoms with Crippen molar-refractivity contribution in [3.05, 3.63) is 56.7 Å². The highest BCUT2D eigenvalue weighted by Gasteiger charge is 2.25. The first-order valence-electron chi connectivity index (χ1n) is 12.6. The SMILES string of the molecule is C[C@H]1CN(C)CCN1c1cc(NC(=O)Cn2nc(-c3cc(Cl)c(O)c(C(N)=O)c3)c3c(=O)n(C)cnc32)c(Cl)cn1. The number of benzene rings is 1. The van der Waals surface area contributed by atoms with E-state index < -0.39 is 23.1 Å². The lowest BCUT2D eigenvalue weighted by Crippen LogP contribution is -2.50. The van der Waals surface area contributed by atoms with Crippen LogP contribution in [0.4, 0.5) is 11.5 Å². The van der Waals surface area contributed by atoms with E-state index in [4.69, 9.17) is 28.9 Å². The summed E-state index contributed by atoms with van der Waals surface area (Å²) in [5, 5.41) is 17.6. The summed E-state index contributed by atoms with van der Waals surface area (Å²) in [5.41, 5.74) is 5.57. The average Bonchev–Trinajstić information content (AvgIpc) is 3.27. The van der Waals surface area contributed by atoms with Crippen molar-refractivity contribution in [1.82, 2.24) is 29.2 Å². The van der Waals surface area contributed by atoms with Crippen LogP contribution in [0.1, 0.15) is 17.3 Å². The van der Waals surface area contributed by atoms with Crippen molar-refractivity contribution >= 4 is 57.6 Å². The summed E-state index contributed by atoms with van der Waals surface area (Å²) in [7, 11) is 3.59. The van der Waals surface area contributed by atoms with Gasteiger partial charge in [0.15, 0.2) is 5.65 Å². The van der Waals surface area contributed by atoms with Crippen LogP contribution in [-0.2, 0) is 18.4 Å². The van der Waals surface area contributed by atoms with Crippen molar-refractivity contribution in [1.29, 1.82) is 0 Å². The molecule has 1 aliphatic rings. The number of halogens is 2. The van der Waals surface area contributed by atoms with Gasteiger partial charge in [0.25, 0.3) is 11.5 Å². The van der Waals surface area contributed by atoms with E-state index in [9.17, 15) is 19.5 Å². The van der Waals surface area contributed by atoms with E-state index in [0.717, 1.165) is 19.6 Å². The first-order chi connectivity index (χ1) is 19.4. The number of carbonyl (C=O) groups is 2. The summed E-state index contributed by atoms with van der Waals surface area (Å²) in [6.45, 7) is 4.33. The van der Waals surface area contributed by atoms with Gasteiger partial charge in [-0.1, -0.05) is 23.2 Å². The topological polar surface area (TPSA) is 164 Å². The summed E-state index contributed by atoms with van der Waals surface area (Å²) in [6, 6.07) is 4.57. The number of aromatic nitrogens is 5. The molecule has 0 bridgehead atoms. The Hall–Kier alpha value is -4.20. The van der Waals surface area contributed by atoms with Gasteiger partial charge in [-0.25, -0.2) is 14.6 Å². The number of amides is 2. The van der Waals surface area contributed by atoms with Gasteiger partial charge in [-0.15, -0.1) is 0 Å². The maximum absolute atomic E-state index is 13.2. The van der Waals surface area contributed by atoms with Gasteiger partial charge in [0.1, 0.15) is 29.2 Å². The quantitative estimate of drug-likeness (QED) is 0.301. The minimum atomic E-state index is -0.917. The normalized spacial score (nSPS) is 15.8. The number of pyridine rings is 1. The fourth-order valence-electron chi connectivity index (χ4n) is 4.87. The van der Waals surface area contributed by atoms with Gasteiger partial charge < -0.3 is 30.5 Å². The number of nitrogens with two attached hydrogens (primary N) is 1. The first-order valence-corrected chi connectivity index (χ1v) is 13.4. The molecule has 41 heavy (non-hydrogen) atoms. The zero-order chi connectivity index (χ0) is 29.6. The minimum Gasteiger partial charge on any atom is -0.506 e. The second-order valence-electron chi connectivity index (χ2n) is 9.96. The number of anilines is 2. The van der Waals surface area contributed by atoms with Gasteiger partial charge in [0, 0.05) is 44.4 Å². The number of hydrogen-bond donors (Lipinski definition) is 3. The molecule has 1 aliphatic heterocycles. The standard InChI is InChI=1S/C26H27Cl2N9O4/c1-13-10-34(2)4-5-36(13)19-8-18(17(28)9-30-19)32-20(38)11-37-25-21(26(41)35(3)12-31-25)22(33-37)14-6-15(24(29)40)23(39)16(27)7-14/h6-9,12-13,39H,4-5,10-11H2,1-3H3,(H2,29,40)(H,30,32,38)/t13-/m0/s1. The minimum absolute atomic E-state index is 0.0910. The van der Waals surface area contributed by atoms with Crippen molar-refractivity contribution in [2.24, 2.45) is 12.8 Å². The van der Waals surface area contributed by atoms with Gasteiger partial charge in [-0.2, -0.15) is 5.10 Å². The summed E-state index contributed by atoms with van der Waals surface area (Å²) in [5.74, 6) is -1.19. The third kappa shape index (κ3) is 5.43. The Balaban J connectivity index is 1.49. The molecular weight excluding hydrogens is 573 g/mol. The summed E-state index contributed by atoms with van der Waals surface area (Å²) >= 11 is 12.5. The van der Waals surface area contributed by atoms with Crippen LogP contribution in [0.25, 0.3) is 22.3 Å². The molecule has 13 nitrogen and oxygen atoms in total. The van der Waals surface area contributed by atoms with Crippen molar-refractivity contribution in [2.75, 3.05) is 36.9 Å². The molecule has 214 valence electrons. The van der Waals surface area contributed by atoms with Crippen LogP contribution in [0.3, 0.4) is 0 Å². The van der Waals surface area contributed by atoms with Crippen LogP contribution < -0.4 is 21.5 Å². The molecule has 4 heterocycles. The Labute approximate surface area is 244 Å². The molecule has 4 N–H and O–H groups in total. The maximum atomic E-state index is 13.2. The number of nitrogens with zero attached hydrogens (tertiary/aromatic N) is 7. The molecule has 1 saturated heterocycles. The second kappa shape index (κ2) is 11.0. The van der Waals surface area contributed by atoms with Crippen LogP contribution >= 0.6 is 23.2 Å². The Kier molecular flexibility index (Phi) is 7.60. The van der Waals surface area contributed by atoms with Crippen molar-refractivity contribution in [3.63, 3.8) is 0 Å². The van der Waals surface area contributed by atoms with E-state index in [1.54, 1.807) is 6.07 Å². The highest BCUT2D eigenvalue weighted by Crippen LogP contribution is 2.35. The molecule has 0 spiro atoms. The van der Waals surface area contributed by atoms with E-state index in [-0.39, 0.29) is 50.5 Å². The van der Waals surface area contributed by atoms with Gasteiger partial charge in [-0.05, 0) is 26.1 Å². The van der Waals surface area contributed by atoms with E-state index in [2.05, 4.69) is 44.2 Å². The molecule has 4 aromatic rings. The highest BCUT2D eigenvalue weighted by atomic mass is 35.5. The second-order valence-corrected chi connectivity index (χ2v) is 10.8. The monoisotopic (exact) mass is 599 g/mol. The number of aromatic hydroxyl groups is 1. The number of likely N-dealkylation sites (N-methyl/N-ethyl adjacent to an activating group) is 1. The zero-order valence-electron chi connectivity index (χ0n) is 22.4. The number of primary amides is 1. The van der Waals surface area contributed by atoms with Crippen LogP contribution in [0, 0.1) is 0 Å². The van der Waals surface area contributed by atoms with E-state index in [0.29, 0.717) is 11.5 Å². The maximum Gasteiger partial charge on any atom is 0.264 e. The number of nitrogens with one attached hydrogen (secondary N) is 1. The molecule has 0 radical (unpaired) electrons. The van der Waals surface area contributed by atoms with E-state index >= 15 is 0 Å². The molecule has 1 atom stereocenters. The van der Waals surface area contributed by atoms with Crippen LogP contribution in [0.5, 0.6) is 5.75 Å². The highest BCUT2D eigenvalue weighted by molar-refractivity contribution is 6.33. The lowest BCUT2D eigenvalue weighted by atomic mass is 10.0. The third-order valence-corrected chi connectivity index (χ3v) is 7.54. The summed E-state index contributed by atoms with van der Waals surface area (Å²) in [6.07, 6.45) is 2.81. The molecule has 3 aromatic heterocycles. The smallest absolute Gasteiger partial charge is 0.264 e. The number of fused-ring (bicyclic) bond motifs is 1. The molecule has 1 fully saturated rings. The van der Waals surface area contributed by atoms with Gasteiger partial charge in [0.05, 0.1) is 33.8 Å². The number of phenols is 1. The third-order valence-electron chi connectivity index (χ3n) is 6.95. The van der Waals surface area contributed by atoms with Gasteiger partial charge in [0.2, 0.25) is 5.91 Å². The van der Waals surface area contributed by atoms with Crippen LogP contribution in [-0.4, -0.2) is 78.9 Å².